The maximum Gasteiger partial charge on any atom is 0.129 e. The Morgan fingerprint density at radius 1 is 1.21 bits per heavy atom. The lowest BCUT2D eigenvalue weighted by Crippen LogP contribution is -2.21. The fourth-order valence-corrected chi connectivity index (χ4v) is 2.58. The molecule has 0 spiro atoms. The number of ether oxygens (including phenoxy) is 1. The minimum Gasteiger partial charge on any atom is -0.462 e. The molecule has 1 saturated carbocycles. The molecule has 19 heavy (non-hydrogen) atoms. The van der Waals surface area contributed by atoms with Gasteiger partial charge in [-0.05, 0) is 30.9 Å². The number of rotatable bonds is 7. The van der Waals surface area contributed by atoms with E-state index in [1.54, 1.807) is 0 Å². The summed E-state index contributed by atoms with van der Waals surface area (Å²) in [4.78, 5) is 0. The van der Waals surface area contributed by atoms with Gasteiger partial charge < -0.3 is 14.5 Å². The zero-order valence-electron chi connectivity index (χ0n) is 12.3. The van der Waals surface area contributed by atoms with Gasteiger partial charge in [0.1, 0.15) is 18.1 Å². The molecule has 1 N–H and O–H groups in total. The third-order valence-corrected chi connectivity index (χ3v) is 3.72. The fourth-order valence-electron chi connectivity index (χ4n) is 2.58. The molecule has 1 aromatic heterocycles. The fraction of sp³-hybridized carbons (Fsp3) is 0.750. The van der Waals surface area contributed by atoms with Crippen LogP contribution >= 0.6 is 0 Å². The highest BCUT2D eigenvalue weighted by Gasteiger charge is 2.13. The van der Waals surface area contributed by atoms with Gasteiger partial charge in [-0.1, -0.05) is 33.1 Å². The minimum atomic E-state index is 0.483. The van der Waals surface area contributed by atoms with E-state index in [-0.39, 0.29) is 0 Å². The van der Waals surface area contributed by atoms with Crippen LogP contribution in [-0.2, 0) is 17.9 Å². The van der Waals surface area contributed by atoms with Gasteiger partial charge in [0.15, 0.2) is 0 Å². The van der Waals surface area contributed by atoms with Crippen LogP contribution in [0.25, 0.3) is 0 Å². The Bertz CT molecular complexity index is 353. The zero-order chi connectivity index (χ0) is 13.5. The van der Waals surface area contributed by atoms with E-state index in [9.17, 15) is 0 Å². The van der Waals surface area contributed by atoms with Crippen LogP contribution in [0.3, 0.4) is 0 Å². The summed E-state index contributed by atoms with van der Waals surface area (Å²) in [7, 11) is 0. The lowest BCUT2D eigenvalue weighted by molar-refractivity contribution is 0.0631. The van der Waals surface area contributed by atoms with Crippen LogP contribution in [0.2, 0.25) is 0 Å². The van der Waals surface area contributed by atoms with Crippen molar-refractivity contribution in [1.82, 2.24) is 5.32 Å². The van der Waals surface area contributed by atoms with Crippen molar-refractivity contribution in [2.75, 3.05) is 6.61 Å². The Balaban J connectivity index is 1.65. The first-order valence-electron chi connectivity index (χ1n) is 7.63. The monoisotopic (exact) mass is 265 g/mol. The summed E-state index contributed by atoms with van der Waals surface area (Å²) in [6.45, 7) is 6.56. The molecule has 1 aliphatic rings. The van der Waals surface area contributed by atoms with Crippen LogP contribution < -0.4 is 5.32 Å². The van der Waals surface area contributed by atoms with Gasteiger partial charge in [0.05, 0.1) is 6.54 Å². The number of hydrogen-bond acceptors (Lipinski definition) is 3. The van der Waals surface area contributed by atoms with Crippen molar-refractivity contribution in [3.05, 3.63) is 23.7 Å². The Morgan fingerprint density at radius 2 is 1.95 bits per heavy atom. The molecule has 0 bridgehead atoms. The van der Waals surface area contributed by atoms with E-state index in [2.05, 4.69) is 19.2 Å². The molecule has 0 aromatic carbocycles. The highest BCUT2D eigenvalue weighted by molar-refractivity contribution is 5.06. The maximum absolute atomic E-state index is 5.78. The van der Waals surface area contributed by atoms with E-state index >= 15 is 0 Å². The molecule has 0 aliphatic heterocycles. The van der Waals surface area contributed by atoms with Gasteiger partial charge in [0.2, 0.25) is 0 Å². The third-order valence-electron chi connectivity index (χ3n) is 3.72. The molecule has 0 atom stereocenters. The summed E-state index contributed by atoms with van der Waals surface area (Å²) in [5, 5.41) is 3.35. The van der Waals surface area contributed by atoms with Gasteiger partial charge in [0, 0.05) is 12.6 Å². The molecular formula is C16H27NO2. The van der Waals surface area contributed by atoms with Crippen LogP contribution in [0.1, 0.15) is 57.5 Å². The maximum atomic E-state index is 5.78. The first-order valence-corrected chi connectivity index (χ1v) is 7.63. The van der Waals surface area contributed by atoms with Crippen molar-refractivity contribution in [3.8, 4) is 0 Å². The molecule has 3 heteroatoms. The van der Waals surface area contributed by atoms with E-state index < -0.39 is 0 Å². The van der Waals surface area contributed by atoms with Crippen molar-refractivity contribution in [3.63, 3.8) is 0 Å². The molecule has 2 rings (SSSR count). The van der Waals surface area contributed by atoms with Gasteiger partial charge in [-0.3, -0.25) is 0 Å². The van der Waals surface area contributed by atoms with Crippen LogP contribution in [0.4, 0.5) is 0 Å². The highest BCUT2D eigenvalue weighted by Crippen LogP contribution is 2.24. The van der Waals surface area contributed by atoms with Crippen molar-refractivity contribution >= 4 is 0 Å². The molecule has 0 radical (unpaired) electrons. The summed E-state index contributed by atoms with van der Waals surface area (Å²) >= 11 is 0. The number of hydrogen-bond donors (Lipinski definition) is 1. The molecule has 0 amide bonds. The number of furan rings is 1. The highest BCUT2D eigenvalue weighted by atomic mass is 16.5. The first kappa shape index (κ1) is 14.6. The molecule has 1 aliphatic carbocycles. The Morgan fingerprint density at radius 3 is 2.68 bits per heavy atom. The molecule has 0 saturated heterocycles. The predicted octanol–water partition coefficient (Wildman–Crippen LogP) is 3.87. The first-order chi connectivity index (χ1) is 9.24. The van der Waals surface area contributed by atoms with Crippen LogP contribution in [0.5, 0.6) is 0 Å². The molecule has 1 fully saturated rings. The summed E-state index contributed by atoms with van der Waals surface area (Å²) in [5.41, 5.74) is 0. The third kappa shape index (κ3) is 5.37. The summed E-state index contributed by atoms with van der Waals surface area (Å²) in [6, 6.07) is 4.54. The summed E-state index contributed by atoms with van der Waals surface area (Å²) in [6.07, 6.45) is 6.82. The average Bonchev–Trinajstić information content (AvgIpc) is 2.86. The smallest absolute Gasteiger partial charge is 0.129 e. The van der Waals surface area contributed by atoms with E-state index in [4.69, 9.17) is 9.15 Å². The molecule has 1 heterocycles. The zero-order valence-corrected chi connectivity index (χ0v) is 12.3. The van der Waals surface area contributed by atoms with Gasteiger partial charge in [-0.15, -0.1) is 0 Å². The topological polar surface area (TPSA) is 34.4 Å². The van der Waals surface area contributed by atoms with E-state index in [1.807, 2.05) is 12.1 Å². The molecule has 3 nitrogen and oxygen atoms in total. The molecule has 1 aromatic rings. The minimum absolute atomic E-state index is 0.483. The van der Waals surface area contributed by atoms with Crippen LogP contribution in [0.15, 0.2) is 16.5 Å². The van der Waals surface area contributed by atoms with Gasteiger partial charge in [-0.2, -0.15) is 0 Å². The second-order valence-corrected chi connectivity index (χ2v) is 5.92. The van der Waals surface area contributed by atoms with Crippen LogP contribution in [-0.4, -0.2) is 12.6 Å². The Labute approximate surface area is 116 Å². The SMILES string of the molecule is CC(C)NCc1ccc(COCC2CCCCC2)o1. The quantitative estimate of drug-likeness (QED) is 0.812. The number of nitrogens with one attached hydrogen (secondary N) is 1. The lowest BCUT2D eigenvalue weighted by Gasteiger charge is -2.20. The second-order valence-electron chi connectivity index (χ2n) is 5.92. The second kappa shape index (κ2) is 7.71. The van der Waals surface area contributed by atoms with Crippen molar-refractivity contribution < 1.29 is 9.15 Å². The molecular weight excluding hydrogens is 238 g/mol. The largest absolute Gasteiger partial charge is 0.462 e. The molecule has 0 unspecified atom stereocenters. The van der Waals surface area contributed by atoms with Crippen molar-refractivity contribution in [2.45, 2.75) is 65.1 Å². The standard InChI is InChI=1S/C16H27NO2/c1-13(2)17-10-15-8-9-16(19-15)12-18-11-14-6-4-3-5-7-14/h8-9,13-14,17H,3-7,10-12H2,1-2H3. The van der Waals surface area contributed by atoms with Crippen LogP contribution in [0, 0.1) is 5.92 Å². The van der Waals surface area contributed by atoms with E-state index in [1.165, 1.54) is 32.1 Å². The Kier molecular flexibility index (Phi) is 5.93. The molecule has 108 valence electrons. The van der Waals surface area contributed by atoms with Gasteiger partial charge in [-0.25, -0.2) is 0 Å². The summed E-state index contributed by atoms with van der Waals surface area (Å²) < 4.78 is 11.5. The van der Waals surface area contributed by atoms with Gasteiger partial charge >= 0.3 is 0 Å². The van der Waals surface area contributed by atoms with Gasteiger partial charge in [0.25, 0.3) is 0 Å². The van der Waals surface area contributed by atoms with E-state index in [0.29, 0.717) is 12.6 Å². The van der Waals surface area contributed by atoms with Crippen molar-refractivity contribution in [2.24, 2.45) is 5.92 Å². The van der Waals surface area contributed by atoms with E-state index in [0.717, 1.165) is 30.6 Å². The summed E-state index contributed by atoms with van der Waals surface area (Å²) in [5.74, 6) is 2.70. The van der Waals surface area contributed by atoms with Crippen molar-refractivity contribution in [1.29, 1.82) is 0 Å². The predicted molar refractivity (Wildman–Crippen MR) is 76.9 cm³/mol. The average molecular weight is 265 g/mol. The normalized spacial score (nSPS) is 17.2. The lowest BCUT2D eigenvalue weighted by atomic mass is 9.90. The Hall–Kier alpha value is -0.800.